The molecule has 1 heterocycles. The second kappa shape index (κ2) is 4.55. The number of nitrogens with zero attached hydrogens (tertiary/aromatic N) is 2. The number of rotatable bonds is 2. The van der Waals surface area contributed by atoms with Gasteiger partial charge in [-0.05, 0) is 22.4 Å². The van der Waals surface area contributed by atoms with Crippen molar-refractivity contribution in [3.8, 4) is 0 Å². The van der Waals surface area contributed by atoms with Crippen LogP contribution in [0.5, 0.6) is 0 Å². The van der Waals surface area contributed by atoms with Gasteiger partial charge in [-0.25, -0.2) is 0 Å². The molecule has 0 fully saturated rings. The van der Waals surface area contributed by atoms with E-state index in [0.29, 0.717) is 0 Å². The molecule has 3 nitrogen and oxygen atoms in total. The first-order valence-electron chi connectivity index (χ1n) is 5.85. The van der Waals surface area contributed by atoms with Crippen LogP contribution >= 0.6 is 0 Å². The standard InChI is InChI=1S/C15H13N3/c16-15(14-10-17-7-8-18-14)13-6-5-11-3-1-2-4-12(11)9-13/h1-10,15H,16H2. The summed E-state index contributed by atoms with van der Waals surface area (Å²) in [5, 5.41) is 2.40. The van der Waals surface area contributed by atoms with Crippen LogP contribution in [0.2, 0.25) is 0 Å². The van der Waals surface area contributed by atoms with Gasteiger partial charge in [0.05, 0.1) is 17.9 Å². The molecule has 88 valence electrons. The third kappa shape index (κ3) is 1.96. The summed E-state index contributed by atoms with van der Waals surface area (Å²) >= 11 is 0. The third-order valence-electron chi connectivity index (χ3n) is 3.03. The van der Waals surface area contributed by atoms with Crippen molar-refractivity contribution in [3.05, 3.63) is 72.3 Å². The van der Waals surface area contributed by atoms with E-state index in [-0.39, 0.29) is 6.04 Å². The largest absolute Gasteiger partial charge is 0.319 e. The maximum Gasteiger partial charge on any atom is 0.0799 e. The van der Waals surface area contributed by atoms with Gasteiger partial charge in [0, 0.05) is 12.4 Å². The van der Waals surface area contributed by atoms with Crippen molar-refractivity contribution < 1.29 is 0 Å². The molecule has 0 saturated heterocycles. The van der Waals surface area contributed by atoms with Crippen LogP contribution in [-0.2, 0) is 0 Å². The van der Waals surface area contributed by atoms with Crippen LogP contribution in [0.1, 0.15) is 17.3 Å². The summed E-state index contributed by atoms with van der Waals surface area (Å²) in [4.78, 5) is 8.30. The molecule has 3 rings (SSSR count). The topological polar surface area (TPSA) is 51.8 Å². The summed E-state index contributed by atoms with van der Waals surface area (Å²) in [5.74, 6) is 0. The van der Waals surface area contributed by atoms with E-state index in [2.05, 4.69) is 34.2 Å². The van der Waals surface area contributed by atoms with Gasteiger partial charge in [-0.2, -0.15) is 0 Å². The maximum atomic E-state index is 6.20. The van der Waals surface area contributed by atoms with Gasteiger partial charge in [0.25, 0.3) is 0 Å². The Hall–Kier alpha value is -2.26. The minimum Gasteiger partial charge on any atom is -0.319 e. The molecule has 0 amide bonds. The normalized spacial score (nSPS) is 12.5. The molecule has 1 unspecified atom stereocenters. The number of hydrogen-bond acceptors (Lipinski definition) is 3. The van der Waals surface area contributed by atoms with Crippen molar-refractivity contribution in [3.63, 3.8) is 0 Å². The fourth-order valence-corrected chi connectivity index (χ4v) is 2.04. The molecule has 0 aliphatic rings. The summed E-state index contributed by atoms with van der Waals surface area (Å²) in [6.07, 6.45) is 5.02. The molecule has 1 atom stereocenters. The zero-order chi connectivity index (χ0) is 12.4. The average molecular weight is 235 g/mol. The van der Waals surface area contributed by atoms with E-state index in [4.69, 9.17) is 5.73 Å². The second-order valence-electron chi connectivity index (χ2n) is 4.21. The van der Waals surface area contributed by atoms with Crippen molar-refractivity contribution in [2.24, 2.45) is 5.73 Å². The fourth-order valence-electron chi connectivity index (χ4n) is 2.04. The van der Waals surface area contributed by atoms with Gasteiger partial charge in [-0.3, -0.25) is 9.97 Å². The smallest absolute Gasteiger partial charge is 0.0799 e. The first-order chi connectivity index (χ1) is 8.84. The van der Waals surface area contributed by atoms with Crippen LogP contribution in [0.15, 0.2) is 61.1 Å². The van der Waals surface area contributed by atoms with E-state index in [1.54, 1.807) is 18.6 Å². The Balaban J connectivity index is 2.04. The molecule has 0 radical (unpaired) electrons. The van der Waals surface area contributed by atoms with Crippen LogP contribution in [0, 0.1) is 0 Å². The molecule has 2 N–H and O–H groups in total. The van der Waals surface area contributed by atoms with E-state index in [0.717, 1.165) is 11.3 Å². The lowest BCUT2D eigenvalue weighted by Crippen LogP contribution is -2.13. The molecular weight excluding hydrogens is 222 g/mol. The highest BCUT2D eigenvalue weighted by atomic mass is 14.8. The van der Waals surface area contributed by atoms with Gasteiger partial charge in [-0.1, -0.05) is 36.4 Å². The van der Waals surface area contributed by atoms with Crippen LogP contribution in [0.3, 0.4) is 0 Å². The van der Waals surface area contributed by atoms with E-state index in [1.165, 1.54) is 10.8 Å². The van der Waals surface area contributed by atoms with Crippen LogP contribution < -0.4 is 5.73 Å². The predicted molar refractivity (Wildman–Crippen MR) is 72.0 cm³/mol. The van der Waals surface area contributed by atoms with E-state index < -0.39 is 0 Å². The lowest BCUT2D eigenvalue weighted by atomic mass is 10.0. The second-order valence-corrected chi connectivity index (χ2v) is 4.21. The molecule has 3 aromatic rings. The highest BCUT2D eigenvalue weighted by Crippen LogP contribution is 2.22. The molecule has 0 spiro atoms. The molecule has 0 aliphatic heterocycles. The van der Waals surface area contributed by atoms with Crippen LogP contribution in [0.25, 0.3) is 10.8 Å². The lowest BCUT2D eigenvalue weighted by molar-refractivity contribution is 0.819. The van der Waals surface area contributed by atoms with Gasteiger partial charge >= 0.3 is 0 Å². The molecule has 1 aromatic heterocycles. The van der Waals surface area contributed by atoms with Crippen molar-refractivity contribution in [2.45, 2.75) is 6.04 Å². The highest BCUT2D eigenvalue weighted by molar-refractivity contribution is 5.83. The minimum atomic E-state index is -0.233. The average Bonchev–Trinajstić information content (AvgIpc) is 2.47. The molecule has 0 saturated carbocycles. The van der Waals surface area contributed by atoms with Gasteiger partial charge < -0.3 is 5.73 Å². The van der Waals surface area contributed by atoms with Crippen LogP contribution in [-0.4, -0.2) is 9.97 Å². The van der Waals surface area contributed by atoms with Crippen molar-refractivity contribution in [1.29, 1.82) is 0 Å². The third-order valence-corrected chi connectivity index (χ3v) is 3.03. The van der Waals surface area contributed by atoms with Crippen LogP contribution in [0.4, 0.5) is 0 Å². The first-order valence-corrected chi connectivity index (χ1v) is 5.85. The maximum absolute atomic E-state index is 6.20. The molecule has 18 heavy (non-hydrogen) atoms. The number of nitrogens with two attached hydrogens (primary N) is 1. The molecular formula is C15H13N3. The van der Waals surface area contributed by atoms with E-state index in [9.17, 15) is 0 Å². The van der Waals surface area contributed by atoms with Crippen molar-refractivity contribution in [1.82, 2.24) is 9.97 Å². The van der Waals surface area contributed by atoms with Crippen molar-refractivity contribution in [2.75, 3.05) is 0 Å². The molecule has 0 aliphatic carbocycles. The van der Waals surface area contributed by atoms with Gasteiger partial charge in [0.15, 0.2) is 0 Å². The minimum absolute atomic E-state index is 0.233. The SMILES string of the molecule is NC(c1ccc2ccccc2c1)c1cnccn1. The summed E-state index contributed by atoms with van der Waals surface area (Å²) in [6, 6.07) is 14.2. The number of hydrogen-bond donors (Lipinski definition) is 1. The van der Waals surface area contributed by atoms with E-state index in [1.807, 2.05) is 18.2 Å². The van der Waals surface area contributed by atoms with E-state index >= 15 is 0 Å². The fraction of sp³-hybridized carbons (Fsp3) is 0.0667. The van der Waals surface area contributed by atoms with Gasteiger partial charge in [0.1, 0.15) is 0 Å². The number of benzene rings is 2. The summed E-state index contributed by atoms with van der Waals surface area (Å²) < 4.78 is 0. The Morgan fingerprint density at radius 2 is 1.78 bits per heavy atom. The summed E-state index contributed by atoms with van der Waals surface area (Å²) in [7, 11) is 0. The highest BCUT2D eigenvalue weighted by Gasteiger charge is 2.10. The monoisotopic (exact) mass is 235 g/mol. The van der Waals surface area contributed by atoms with Gasteiger partial charge in [-0.15, -0.1) is 0 Å². The summed E-state index contributed by atoms with van der Waals surface area (Å²) in [6.45, 7) is 0. The Bertz CT molecular complexity index is 665. The number of aromatic nitrogens is 2. The molecule has 0 bridgehead atoms. The lowest BCUT2D eigenvalue weighted by Gasteiger charge is -2.11. The first kappa shape index (κ1) is 10.9. The Morgan fingerprint density at radius 1 is 0.944 bits per heavy atom. The zero-order valence-electron chi connectivity index (χ0n) is 9.82. The Labute approximate surface area is 105 Å². The quantitative estimate of drug-likeness (QED) is 0.743. The number of fused-ring (bicyclic) bond motifs is 1. The Kier molecular flexibility index (Phi) is 2.74. The zero-order valence-corrected chi connectivity index (χ0v) is 9.82. The molecule has 3 heteroatoms. The van der Waals surface area contributed by atoms with Gasteiger partial charge in [0.2, 0.25) is 0 Å². The Morgan fingerprint density at radius 3 is 2.56 bits per heavy atom. The predicted octanol–water partition coefficient (Wildman–Crippen LogP) is 2.68. The van der Waals surface area contributed by atoms with Crippen molar-refractivity contribution >= 4 is 10.8 Å². The summed E-state index contributed by atoms with van der Waals surface area (Å²) in [5.41, 5.74) is 8.04. The molecule has 2 aromatic carbocycles.